The van der Waals surface area contributed by atoms with Gasteiger partial charge in [-0.2, -0.15) is 0 Å². The molecule has 1 aliphatic rings. The largest absolute Gasteiger partial charge is 0.497 e. The molecule has 2 atom stereocenters. The van der Waals surface area contributed by atoms with Gasteiger partial charge in [0.2, 0.25) is 5.91 Å². The number of carbonyl (C=O) groups is 2. The number of carbonyl (C=O) groups excluding carboxylic acids is 2. The summed E-state index contributed by atoms with van der Waals surface area (Å²) >= 11 is 0. The first-order valence-electron chi connectivity index (χ1n) is 15.9. The first kappa shape index (κ1) is 32.5. The van der Waals surface area contributed by atoms with Gasteiger partial charge in [0.25, 0.3) is 11.5 Å². The maximum absolute atomic E-state index is 14.2. The maximum Gasteiger partial charge on any atom is 0.279 e. The van der Waals surface area contributed by atoms with E-state index >= 15 is 0 Å². The van der Waals surface area contributed by atoms with E-state index in [1.165, 1.54) is 11.8 Å². The number of nitrogens with zero attached hydrogens (tertiary/aromatic N) is 3. The molecule has 2 amide bonds. The number of para-hydroxylation sites is 1. The molecule has 0 fully saturated rings. The molecule has 0 radical (unpaired) electrons. The minimum atomic E-state index is -1.93. The van der Waals surface area contributed by atoms with Crippen LogP contribution in [0.15, 0.2) is 114 Å². The molecule has 0 bridgehead atoms. The SMILES string of the molecule is COc1ccc2c(c1)[C@@](O)([C@H](C)/C=C/CC(=O)N(CCO)Cc1ccccc1)C(=O)N2Cc1cccc(-n2[nH]c3ccccc3c2=O)c1. The monoisotopic (exact) mass is 646 g/mol. The van der Waals surface area contributed by atoms with Crippen LogP contribution in [0.25, 0.3) is 16.6 Å². The van der Waals surface area contributed by atoms with Crippen LogP contribution in [0.5, 0.6) is 5.75 Å². The number of aromatic nitrogens is 2. The third kappa shape index (κ3) is 6.15. The number of fused-ring (bicyclic) bond motifs is 2. The van der Waals surface area contributed by atoms with Gasteiger partial charge in [-0.1, -0.05) is 73.7 Å². The van der Waals surface area contributed by atoms with Gasteiger partial charge < -0.3 is 24.7 Å². The second-order valence-corrected chi connectivity index (χ2v) is 12.0. The average molecular weight is 647 g/mol. The van der Waals surface area contributed by atoms with Crippen molar-refractivity contribution in [1.29, 1.82) is 0 Å². The molecule has 0 saturated heterocycles. The van der Waals surface area contributed by atoms with E-state index in [9.17, 15) is 24.6 Å². The number of H-pyrrole nitrogens is 1. The normalized spacial score (nSPS) is 16.4. The molecule has 0 aliphatic carbocycles. The molecule has 48 heavy (non-hydrogen) atoms. The number of hydrogen-bond donors (Lipinski definition) is 3. The second kappa shape index (κ2) is 13.7. The third-order valence-corrected chi connectivity index (χ3v) is 8.89. The number of nitrogens with one attached hydrogen (secondary N) is 1. The molecule has 0 saturated carbocycles. The fraction of sp³-hybridized carbons (Fsp3) is 0.237. The molecule has 1 aliphatic heterocycles. The van der Waals surface area contributed by atoms with Crippen LogP contribution in [0.2, 0.25) is 0 Å². The standard InChI is InChI=1S/C38H38N4O6/c1-26(10-8-17-35(44)40(20-21-43)24-27-11-4-3-5-12-27)38(47)32-23-30(48-2)18-19-34(32)41(37(38)46)25-28-13-9-14-29(22-28)42-36(45)31-15-6-7-16-33(31)39-42/h3-16,18-19,22-23,26,39,43,47H,17,20-21,24-25H2,1-2H3/b10-8+/t26-,38+/m1/s1. The summed E-state index contributed by atoms with van der Waals surface area (Å²) in [5.41, 5.74) is 1.90. The van der Waals surface area contributed by atoms with Crippen LogP contribution in [0, 0.1) is 5.92 Å². The zero-order chi connectivity index (χ0) is 33.8. The molecule has 2 heterocycles. The summed E-state index contributed by atoms with van der Waals surface area (Å²) in [7, 11) is 1.52. The molecular formula is C38H38N4O6. The minimum absolute atomic E-state index is 0.0377. The molecule has 10 heteroatoms. The number of amides is 2. The van der Waals surface area contributed by atoms with E-state index in [2.05, 4.69) is 5.10 Å². The molecule has 3 N–H and O–H groups in total. The van der Waals surface area contributed by atoms with Crippen LogP contribution in [0.3, 0.4) is 0 Å². The number of methoxy groups -OCH3 is 1. The highest BCUT2D eigenvalue weighted by Gasteiger charge is 2.52. The summed E-state index contributed by atoms with van der Waals surface area (Å²) in [5.74, 6) is -0.897. The Morgan fingerprint density at radius 2 is 1.73 bits per heavy atom. The Balaban J connectivity index is 1.24. The van der Waals surface area contributed by atoms with Crippen molar-refractivity contribution >= 4 is 28.4 Å². The highest BCUT2D eigenvalue weighted by Crippen LogP contribution is 2.47. The van der Waals surface area contributed by atoms with Crippen LogP contribution < -0.4 is 15.2 Å². The lowest BCUT2D eigenvalue weighted by Gasteiger charge is -2.28. The van der Waals surface area contributed by atoms with Gasteiger partial charge in [-0.05, 0) is 53.6 Å². The molecule has 6 rings (SSSR count). The lowest BCUT2D eigenvalue weighted by molar-refractivity contribution is -0.139. The second-order valence-electron chi connectivity index (χ2n) is 12.0. The van der Waals surface area contributed by atoms with Gasteiger partial charge in [0.05, 0.1) is 42.5 Å². The van der Waals surface area contributed by atoms with E-state index in [0.29, 0.717) is 34.6 Å². The van der Waals surface area contributed by atoms with E-state index in [0.717, 1.165) is 16.6 Å². The zero-order valence-corrected chi connectivity index (χ0v) is 26.9. The number of rotatable bonds is 12. The van der Waals surface area contributed by atoms with E-state index in [-0.39, 0.29) is 37.6 Å². The molecule has 5 aromatic rings. The fourth-order valence-electron chi connectivity index (χ4n) is 6.29. The topological polar surface area (TPSA) is 128 Å². The predicted octanol–water partition coefficient (Wildman–Crippen LogP) is 4.67. The van der Waals surface area contributed by atoms with Crippen LogP contribution in [0.4, 0.5) is 5.69 Å². The Kier molecular flexibility index (Phi) is 9.29. The minimum Gasteiger partial charge on any atom is -0.497 e. The number of benzene rings is 4. The van der Waals surface area contributed by atoms with Gasteiger partial charge in [0.1, 0.15) is 5.75 Å². The van der Waals surface area contributed by atoms with Crippen molar-refractivity contribution in [3.05, 3.63) is 136 Å². The Morgan fingerprint density at radius 1 is 0.979 bits per heavy atom. The Labute approximate surface area is 278 Å². The third-order valence-electron chi connectivity index (χ3n) is 8.89. The van der Waals surface area contributed by atoms with Crippen molar-refractivity contribution in [3.63, 3.8) is 0 Å². The highest BCUT2D eigenvalue weighted by molar-refractivity contribution is 6.07. The maximum atomic E-state index is 14.2. The number of aliphatic hydroxyl groups is 2. The first-order valence-corrected chi connectivity index (χ1v) is 15.9. The quantitative estimate of drug-likeness (QED) is 0.169. The molecule has 1 aromatic heterocycles. The summed E-state index contributed by atoms with van der Waals surface area (Å²) in [4.78, 5) is 43.5. The van der Waals surface area contributed by atoms with E-state index in [1.807, 2.05) is 72.8 Å². The smallest absolute Gasteiger partial charge is 0.279 e. The van der Waals surface area contributed by atoms with Crippen molar-refractivity contribution in [2.75, 3.05) is 25.2 Å². The highest BCUT2D eigenvalue weighted by atomic mass is 16.5. The van der Waals surface area contributed by atoms with Crippen LogP contribution in [-0.4, -0.2) is 57.0 Å². The Hall–Kier alpha value is -5.45. The number of aliphatic hydroxyl groups excluding tert-OH is 1. The van der Waals surface area contributed by atoms with E-state index in [1.54, 1.807) is 53.1 Å². The van der Waals surface area contributed by atoms with Crippen LogP contribution in [-0.2, 0) is 28.3 Å². The van der Waals surface area contributed by atoms with Crippen molar-refractivity contribution in [3.8, 4) is 11.4 Å². The lowest BCUT2D eigenvalue weighted by atomic mass is 9.83. The predicted molar refractivity (Wildman–Crippen MR) is 184 cm³/mol. The first-order chi connectivity index (χ1) is 23.2. The molecule has 4 aromatic carbocycles. The van der Waals surface area contributed by atoms with Crippen LogP contribution >= 0.6 is 0 Å². The van der Waals surface area contributed by atoms with Gasteiger partial charge in [-0.25, -0.2) is 4.68 Å². The summed E-state index contributed by atoms with van der Waals surface area (Å²) in [6, 6.07) is 29.4. The van der Waals surface area contributed by atoms with Gasteiger partial charge >= 0.3 is 0 Å². The molecule has 0 unspecified atom stereocenters. The average Bonchev–Trinajstić information content (AvgIpc) is 3.55. The van der Waals surface area contributed by atoms with E-state index < -0.39 is 17.4 Å². The molecule has 246 valence electrons. The van der Waals surface area contributed by atoms with Crippen molar-refractivity contribution in [1.82, 2.24) is 14.7 Å². The lowest BCUT2D eigenvalue weighted by Crippen LogP contribution is -2.44. The Morgan fingerprint density at radius 3 is 2.48 bits per heavy atom. The molecule has 0 spiro atoms. The van der Waals surface area contributed by atoms with Crippen LogP contribution in [0.1, 0.15) is 30.0 Å². The van der Waals surface area contributed by atoms with Crippen molar-refractivity contribution < 1.29 is 24.5 Å². The molecule has 10 nitrogen and oxygen atoms in total. The zero-order valence-electron chi connectivity index (χ0n) is 26.9. The number of aromatic amines is 1. The summed E-state index contributed by atoms with van der Waals surface area (Å²) in [6.45, 7) is 2.28. The summed E-state index contributed by atoms with van der Waals surface area (Å²) in [5, 5.41) is 25.4. The van der Waals surface area contributed by atoms with Crippen molar-refractivity contribution in [2.45, 2.75) is 32.0 Å². The van der Waals surface area contributed by atoms with E-state index in [4.69, 9.17) is 4.74 Å². The summed E-state index contributed by atoms with van der Waals surface area (Å²) < 4.78 is 6.92. The number of anilines is 1. The van der Waals surface area contributed by atoms with Gasteiger partial charge in [0.15, 0.2) is 5.60 Å². The Bertz CT molecular complexity index is 2030. The summed E-state index contributed by atoms with van der Waals surface area (Å²) in [6.07, 6.45) is 3.39. The number of hydrogen-bond acceptors (Lipinski definition) is 6. The van der Waals surface area contributed by atoms with Gasteiger partial charge in [-0.3, -0.25) is 19.5 Å². The molecular weight excluding hydrogens is 608 g/mol. The van der Waals surface area contributed by atoms with Gasteiger partial charge in [-0.15, -0.1) is 0 Å². The fourth-order valence-corrected chi connectivity index (χ4v) is 6.29. The van der Waals surface area contributed by atoms with Gasteiger partial charge in [0, 0.05) is 31.0 Å². The number of ether oxygens (including phenoxy) is 1. The van der Waals surface area contributed by atoms with Crippen molar-refractivity contribution in [2.24, 2.45) is 5.92 Å².